The van der Waals surface area contributed by atoms with Crippen LogP contribution in [-0.2, 0) is 9.53 Å². The number of amides is 1. The van der Waals surface area contributed by atoms with Crippen LogP contribution in [0.5, 0.6) is 0 Å². The number of ether oxygens (including phenoxy) is 1. The molecule has 9 heavy (non-hydrogen) atoms. The van der Waals surface area contributed by atoms with Gasteiger partial charge in [-0.25, -0.2) is 0 Å². The molecule has 0 unspecified atom stereocenters. The average molecular weight is 198 g/mol. The Balaban J connectivity index is -0.0000000417. The number of primary amides is 1. The molecule has 0 radical (unpaired) electrons. The molecule has 0 rings (SSSR count). The predicted molar refractivity (Wildman–Crippen MR) is 42.8 cm³/mol. The third-order valence-corrected chi connectivity index (χ3v) is 0.287. The first kappa shape index (κ1) is 22.8. The van der Waals surface area contributed by atoms with Gasteiger partial charge in [0.2, 0.25) is 5.91 Å². The molecular weight excluding hydrogens is 188 g/mol. The Morgan fingerprint density at radius 1 is 1.44 bits per heavy atom. The zero-order valence-corrected chi connectivity index (χ0v) is 7.28. The van der Waals surface area contributed by atoms with Crippen molar-refractivity contribution in [2.24, 2.45) is 5.73 Å². The second kappa shape index (κ2) is 15.7. The topological polar surface area (TPSA) is 52.3 Å². The van der Waals surface area contributed by atoms with E-state index in [1.807, 2.05) is 0 Å². The molecule has 0 aromatic carbocycles. The number of carbonyl (C=O) groups is 1. The summed E-state index contributed by atoms with van der Waals surface area (Å²) in [6, 6.07) is 0. The van der Waals surface area contributed by atoms with E-state index in [1.54, 1.807) is 0 Å². The van der Waals surface area contributed by atoms with Crippen molar-refractivity contribution in [2.75, 3.05) is 13.7 Å². The molecule has 0 saturated carbocycles. The van der Waals surface area contributed by atoms with Gasteiger partial charge in [-0.15, -0.1) is 37.2 Å². The van der Waals surface area contributed by atoms with Crippen molar-refractivity contribution in [1.29, 1.82) is 0 Å². The third-order valence-electron chi connectivity index (χ3n) is 0.287. The van der Waals surface area contributed by atoms with Gasteiger partial charge in [-0.1, -0.05) is 0 Å². The molecule has 0 bridgehead atoms. The summed E-state index contributed by atoms with van der Waals surface area (Å²) in [7, 11) is 1.42. The first-order valence-electron chi connectivity index (χ1n) is 1.54. The maximum atomic E-state index is 9.70. The number of nitrogens with two attached hydrogens (primary N) is 1. The van der Waals surface area contributed by atoms with Crippen LogP contribution in [0, 0.1) is 0 Å². The summed E-state index contributed by atoms with van der Waals surface area (Å²) in [5, 5.41) is 0. The van der Waals surface area contributed by atoms with Gasteiger partial charge in [0.1, 0.15) is 6.61 Å². The van der Waals surface area contributed by atoms with Crippen LogP contribution in [-0.4, -0.2) is 19.6 Å². The molecule has 3 nitrogen and oxygen atoms in total. The first-order valence-corrected chi connectivity index (χ1v) is 1.54. The van der Waals surface area contributed by atoms with Gasteiger partial charge in [0.15, 0.2) is 0 Å². The SMILES string of the molecule is COCC(N)=O.Cl.Cl.Cl. The summed E-state index contributed by atoms with van der Waals surface area (Å²) in [5.74, 6) is -0.433. The first-order chi connectivity index (χ1) is 2.77. The maximum absolute atomic E-state index is 9.70. The van der Waals surface area contributed by atoms with Crippen molar-refractivity contribution in [3.05, 3.63) is 0 Å². The summed E-state index contributed by atoms with van der Waals surface area (Å²) in [6.45, 7) is 0.0139. The van der Waals surface area contributed by atoms with Gasteiger partial charge in [0, 0.05) is 7.11 Å². The summed E-state index contributed by atoms with van der Waals surface area (Å²) in [5.41, 5.74) is 4.64. The molecule has 6 heteroatoms. The molecule has 0 aromatic rings. The Morgan fingerprint density at radius 3 is 1.78 bits per heavy atom. The molecule has 0 aliphatic heterocycles. The number of halogens is 3. The molecule has 0 aliphatic rings. The molecule has 0 atom stereocenters. The van der Waals surface area contributed by atoms with Crippen LogP contribution in [0.1, 0.15) is 0 Å². The molecule has 0 aliphatic carbocycles. The molecule has 0 spiro atoms. The summed E-state index contributed by atoms with van der Waals surface area (Å²) in [4.78, 5) is 9.70. The minimum atomic E-state index is -0.433. The zero-order chi connectivity index (χ0) is 4.99. The van der Waals surface area contributed by atoms with Crippen molar-refractivity contribution in [2.45, 2.75) is 0 Å². The Labute approximate surface area is 72.5 Å². The van der Waals surface area contributed by atoms with E-state index in [0.717, 1.165) is 0 Å². The van der Waals surface area contributed by atoms with E-state index in [1.165, 1.54) is 7.11 Å². The van der Waals surface area contributed by atoms with Crippen molar-refractivity contribution in [3.63, 3.8) is 0 Å². The monoisotopic (exact) mass is 197 g/mol. The van der Waals surface area contributed by atoms with Crippen LogP contribution in [0.4, 0.5) is 0 Å². The Morgan fingerprint density at radius 2 is 1.78 bits per heavy atom. The molecule has 1 amide bonds. The highest BCUT2D eigenvalue weighted by Crippen LogP contribution is 1.58. The highest BCUT2D eigenvalue weighted by molar-refractivity contribution is 5.86. The Bertz CT molecular complexity index is 61.0. The van der Waals surface area contributed by atoms with Crippen LogP contribution >= 0.6 is 37.2 Å². The van der Waals surface area contributed by atoms with Gasteiger partial charge in [0.05, 0.1) is 0 Å². The van der Waals surface area contributed by atoms with Crippen molar-refractivity contribution >= 4 is 43.1 Å². The quantitative estimate of drug-likeness (QED) is 0.698. The lowest BCUT2D eigenvalue weighted by molar-refractivity contribution is -0.121. The van der Waals surface area contributed by atoms with E-state index in [9.17, 15) is 4.79 Å². The second-order valence-corrected chi connectivity index (χ2v) is 0.899. The number of hydrogen-bond acceptors (Lipinski definition) is 2. The van der Waals surface area contributed by atoms with E-state index >= 15 is 0 Å². The number of carbonyl (C=O) groups excluding carboxylic acids is 1. The second-order valence-electron chi connectivity index (χ2n) is 0.899. The normalized spacial score (nSPS) is 5.44. The lowest BCUT2D eigenvalue weighted by Crippen LogP contribution is -2.16. The lowest BCUT2D eigenvalue weighted by Gasteiger charge is -1.85. The van der Waals surface area contributed by atoms with E-state index in [2.05, 4.69) is 10.5 Å². The summed E-state index contributed by atoms with van der Waals surface area (Å²) < 4.78 is 4.33. The van der Waals surface area contributed by atoms with Crippen molar-refractivity contribution in [1.82, 2.24) is 0 Å². The predicted octanol–water partition coefficient (Wildman–Crippen LogP) is 0.383. The minimum Gasteiger partial charge on any atom is -0.375 e. The number of rotatable bonds is 2. The van der Waals surface area contributed by atoms with Crippen LogP contribution in [0.2, 0.25) is 0 Å². The largest absolute Gasteiger partial charge is 0.375 e. The van der Waals surface area contributed by atoms with Gasteiger partial charge >= 0.3 is 0 Å². The fourth-order valence-corrected chi connectivity index (χ4v) is 0.142. The molecule has 0 saturated heterocycles. The third kappa shape index (κ3) is 30.3. The Kier molecular flexibility index (Phi) is 39.9. The highest BCUT2D eigenvalue weighted by atomic mass is 35.5. The zero-order valence-electron chi connectivity index (χ0n) is 4.83. The van der Waals surface area contributed by atoms with Gasteiger partial charge in [-0.3, -0.25) is 4.79 Å². The summed E-state index contributed by atoms with van der Waals surface area (Å²) >= 11 is 0. The highest BCUT2D eigenvalue weighted by Gasteiger charge is 1.84. The molecule has 0 heterocycles. The summed E-state index contributed by atoms with van der Waals surface area (Å²) in [6.07, 6.45) is 0. The fourth-order valence-electron chi connectivity index (χ4n) is 0.142. The maximum Gasteiger partial charge on any atom is 0.243 e. The standard InChI is InChI=1S/C3H7NO2.3ClH/c1-6-2-3(4)5;;;/h2H2,1H3,(H2,4,5);3*1H. The van der Waals surface area contributed by atoms with E-state index in [0.29, 0.717) is 0 Å². The fraction of sp³-hybridized carbons (Fsp3) is 0.667. The van der Waals surface area contributed by atoms with Crippen LogP contribution < -0.4 is 5.73 Å². The van der Waals surface area contributed by atoms with Gasteiger partial charge < -0.3 is 10.5 Å². The van der Waals surface area contributed by atoms with Crippen molar-refractivity contribution < 1.29 is 9.53 Å². The van der Waals surface area contributed by atoms with E-state index in [4.69, 9.17) is 0 Å². The van der Waals surface area contributed by atoms with Gasteiger partial charge in [-0.05, 0) is 0 Å². The van der Waals surface area contributed by atoms with Crippen LogP contribution in [0.25, 0.3) is 0 Å². The molecule has 60 valence electrons. The Hall–Kier alpha value is 0.300. The van der Waals surface area contributed by atoms with Gasteiger partial charge in [-0.2, -0.15) is 0 Å². The van der Waals surface area contributed by atoms with E-state index < -0.39 is 5.91 Å². The van der Waals surface area contributed by atoms with Crippen molar-refractivity contribution in [3.8, 4) is 0 Å². The van der Waals surface area contributed by atoms with Gasteiger partial charge in [0.25, 0.3) is 0 Å². The molecule has 2 N–H and O–H groups in total. The van der Waals surface area contributed by atoms with E-state index in [-0.39, 0.29) is 43.8 Å². The lowest BCUT2D eigenvalue weighted by atomic mass is 10.7. The molecule has 0 fully saturated rings. The average Bonchev–Trinajstić information content (AvgIpc) is 1.35. The van der Waals surface area contributed by atoms with Crippen LogP contribution in [0.15, 0.2) is 0 Å². The van der Waals surface area contributed by atoms with Crippen LogP contribution in [0.3, 0.4) is 0 Å². The number of methoxy groups -OCH3 is 1. The molecule has 0 aromatic heterocycles. The molecular formula is C3H10Cl3NO2. The number of hydrogen-bond donors (Lipinski definition) is 1. The minimum absolute atomic E-state index is 0. The smallest absolute Gasteiger partial charge is 0.243 e.